The number of amides is 1. The molecule has 0 N–H and O–H groups in total. The lowest BCUT2D eigenvalue weighted by molar-refractivity contribution is 0.0760. The molecule has 27 heavy (non-hydrogen) atoms. The van der Waals surface area contributed by atoms with Crippen LogP contribution in [0.1, 0.15) is 21.3 Å². The van der Waals surface area contributed by atoms with E-state index in [2.05, 4.69) is 0 Å². The Morgan fingerprint density at radius 1 is 0.963 bits per heavy atom. The predicted molar refractivity (Wildman–Crippen MR) is 106 cm³/mol. The van der Waals surface area contributed by atoms with Crippen LogP contribution in [0.25, 0.3) is 0 Å². The standard InChI is InChI=1S/C22H18FNO2S/c23-18-11-9-16(10-12-18)21(25)24-13-14-27-22(24)17-5-4-8-20(15-17)26-19-6-2-1-3-7-19/h1-12,15,22H,13-14H2/t22-/m0/s1. The Balaban J connectivity index is 1.56. The van der Waals surface area contributed by atoms with Crippen LogP contribution in [-0.2, 0) is 0 Å². The zero-order valence-corrected chi connectivity index (χ0v) is 15.4. The van der Waals surface area contributed by atoms with E-state index in [-0.39, 0.29) is 17.1 Å². The van der Waals surface area contributed by atoms with Gasteiger partial charge in [-0.15, -0.1) is 11.8 Å². The van der Waals surface area contributed by atoms with Crippen LogP contribution in [0.5, 0.6) is 11.5 Å². The minimum atomic E-state index is -0.343. The molecule has 1 saturated heterocycles. The second kappa shape index (κ2) is 7.84. The third-order valence-electron chi connectivity index (χ3n) is 4.37. The van der Waals surface area contributed by atoms with E-state index < -0.39 is 0 Å². The first kappa shape index (κ1) is 17.6. The van der Waals surface area contributed by atoms with Gasteiger partial charge in [0.05, 0.1) is 0 Å². The number of nitrogens with zero attached hydrogens (tertiary/aromatic N) is 1. The molecule has 4 rings (SSSR count). The number of hydrogen-bond acceptors (Lipinski definition) is 3. The van der Waals surface area contributed by atoms with Crippen LogP contribution in [-0.4, -0.2) is 23.1 Å². The van der Waals surface area contributed by atoms with E-state index in [1.54, 1.807) is 11.8 Å². The number of carbonyl (C=O) groups is 1. The molecular weight excluding hydrogens is 361 g/mol. The van der Waals surface area contributed by atoms with Crippen molar-refractivity contribution in [2.75, 3.05) is 12.3 Å². The zero-order chi connectivity index (χ0) is 18.6. The van der Waals surface area contributed by atoms with Gasteiger partial charge < -0.3 is 9.64 Å². The highest BCUT2D eigenvalue weighted by Gasteiger charge is 2.31. The van der Waals surface area contributed by atoms with E-state index >= 15 is 0 Å². The van der Waals surface area contributed by atoms with Gasteiger partial charge in [-0.1, -0.05) is 30.3 Å². The van der Waals surface area contributed by atoms with E-state index in [1.165, 1.54) is 24.3 Å². The van der Waals surface area contributed by atoms with Crippen LogP contribution >= 0.6 is 11.8 Å². The summed E-state index contributed by atoms with van der Waals surface area (Å²) in [6.45, 7) is 0.662. The molecule has 0 bridgehead atoms. The van der Waals surface area contributed by atoms with Crippen molar-refractivity contribution in [2.45, 2.75) is 5.37 Å². The fourth-order valence-corrected chi connectivity index (χ4v) is 4.31. The van der Waals surface area contributed by atoms with Crippen molar-refractivity contribution in [3.05, 3.63) is 95.8 Å². The number of thioether (sulfide) groups is 1. The van der Waals surface area contributed by atoms with E-state index in [0.29, 0.717) is 12.1 Å². The average molecular weight is 379 g/mol. The number of rotatable bonds is 4. The first-order valence-electron chi connectivity index (χ1n) is 8.72. The summed E-state index contributed by atoms with van der Waals surface area (Å²) in [5.74, 6) is 1.94. The van der Waals surface area contributed by atoms with Crippen LogP contribution in [0, 0.1) is 5.82 Å². The maximum absolute atomic E-state index is 13.1. The largest absolute Gasteiger partial charge is 0.457 e. The first-order valence-corrected chi connectivity index (χ1v) is 9.76. The number of ether oxygens (including phenoxy) is 1. The van der Waals surface area contributed by atoms with Crippen molar-refractivity contribution in [1.82, 2.24) is 4.90 Å². The summed E-state index contributed by atoms with van der Waals surface area (Å²) >= 11 is 1.72. The average Bonchev–Trinajstić information content (AvgIpc) is 3.19. The Hall–Kier alpha value is -2.79. The fraction of sp³-hybridized carbons (Fsp3) is 0.136. The minimum absolute atomic E-state index is 0.0816. The van der Waals surface area contributed by atoms with E-state index in [0.717, 1.165) is 22.8 Å². The zero-order valence-electron chi connectivity index (χ0n) is 14.5. The van der Waals surface area contributed by atoms with Gasteiger partial charge in [-0.05, 0) is 54.1 Å². The summed E-state index contributed by atoms with van der Waals surface area (Å²) in [5, 5.41) is -0.0816. The summed E-state index contributed by atoms with van der Waals surface area (Å²) < 4.78 is 19.1. The molecule has 0 spiro atoms. The molecule has 136 valence electrons. The molecule has 3 aromatic rings. The van der Waals surface area contributed by atoms with Crippen molar-refractivity contribution in [3.8, 4) is 11.5 Å². The molecule has 0 radical (unpaired) electrons. The lowest BCUT2D eigenvalue weighted by Gasteiger charge is -2.24. The van der Waals surface area contributed by atoms with Crippen LogP contribution in [0.4, 0.5) is 4.39 Å². The Kier molecular flexibility index (Phi) is 5.12. The quantitative estimate of drug-likeness (QED) is 0.599. The van der Waals surface area contributed by atoms with Crippen molar-refractivity contribution in [3.63, 3.8) is 0 Å². The minimum Gasteiger partial charge on any atom is -0.457 e. The third kappa shape index (κ3) is 3.98. The SMILES string of the molecule is O=C(c1ccc(F)cc1)N1CCS[C@H]1c1cccc(Oc2ccccc2)c1. The van der Waals surface area contributed by atoms with Gasteiger partial charge in [-0.2, -0.15) is 0 Å². The van der Waals surface area contributed by atoms with Gasteiger partial charge in [0.15, 0.2) is 0 Å². The predicted octanol–water partition coefficient (Wildman–Crippen LogP) is 5.51. The summed E-state index contributed by atoms with van der Waals surface area (Å²) in [6, 6.07) is 23.1. The second-order valence-corrected chi connectivity index (χ2v) is 7.40. The normalized spacial score (nSPS) is 16.3. The Morgan fingerprint density at radius 3 is 2.48 bits per heavy atom. The van der Waals surface area contributed by atoms with Crippen LogP contribution in [0.2, 0.25) is 0 Å². The topological polar surface area (TPSA) is 29.5 Å². The molecule has 0 saturated carbocycles. The molecule has 0 aliphatic carbocycles. The number of para-hydroxylation sites is 1. The molecule has 1 aliphatic heterocycles. The van der Waals surface area contributed by atoms with Crippen LogP contribution in [0.15, 0.2) is 78.9 Å². The molecule has 1 amide bonds. The number of carbonyl (C=O) groups excluding carboxylic acids is 1. The highest BCUT2D eigenvalue weighted by molar-refractivity contribution is 7.99. The summed E-state index contributed by atoms with van der Waals surface area (Å²) in [7, 11) is 0. The number of hydrogen-bond donors (Lipinski definition) is 0. The highest BCUT2D eigenvalue weighted by Crippen LogP contribution is 2.40. The summed E-state index contributed by atoms with van der Waals surface area (Å²) in [4.78, 5) is 14.7. The Labute approximate surface area is 161 Å². The third-order valence-corrected chi connectivity index (χ3v) is 5.63. The maximum Gasteiger partial charge on any atom is 0.255 e. The molecule has 1 aliphatic rings. The highest BCUT2D eigenvalue weighted by atomic mass is 32.2. The van der Waals surface area contributed by atoms with Crippen molar-refractivity contribution in [1.29, 1.82) is 0 Å². The summed E-state index contributed by atoms with van der Waals surface area (Å²) in [5.41, 5.74) is 1.52. The fourth-order valence-electron chi connectivity index (χ4n) is 3.07. The Bertz CT molecular complexity index is 931. The van der Waals surface area contributed by atoms with Gasteiger partial charge in [0.1, 0.15) is 22.7 Å². The molecule has 3 nitrogen and oxygen atoms in total. The van der Waals surface area contributed by atoms with Gasteiger partial charge in [0, 0.05) is 17.9 Å². The Morgan fingerprint density at radius 2 is 1.70 bits per heavy atom. The van der Waals surface area contributed by atoms with E-state index in [4.69, 9.17) is 4.74 Å². The van der Waals surface area contributed by atoms with Gasteiger partial charge in [0.25, 0.3) is 5.91 Å². The monoisotopic (exact) mass is 379 g/mol. The molecule has 1 heterocycles. The van der Waals surface area contributed by atoms with Crippen LogP contribution < -0.4 is 4.74 Å². The first-order chi connectivity index (χ1) is 13.2. The van der Waals surface area contributed by atoms with E-state index in [9.17, 15) is 9.18 Å². The second-order valence-electron chi connectivity index (χ2n) is 6.22. The van der Waals surface area contributed by atoms with Crippen molar-refractivity contribution < 1.29 is 13.9 Å². The van der Waals surface area contributed by atoms with Gasteiger partial charge in [0.2, 0.25) is 0 Å². The van der Waals surface area contributed by atoms with Gasteiger partial charge in [-0.3, -0.25) is 4.79 Å². The van der Waals surface area contributed by atoms with Gasteiger partial charge >= 0.3 is 0 Å². The van der Waals surface area contributed by atoms with Gasteiger partial charge in [-0.25, -0.2) is 4.39 Å². The van der Waals surface area contributed by atoms with E-state index in [1.807, 2.05) is 59.5 Å². The molecule has 3 aromatic carbocycles. The summed E-state index contributed by atoms with van der Waals surface area (Å²) in [6.07, 6.45) is 0. The lowest BCUT2D eigenvalue weighted by atomic mass is 10.1. The molecule has 0 unspecified atom stereocenters. The lowest BCUT2D eigenvalue weighted by Crippen LogP contribution is -2.30. The van der Waals surface area contributed by atoms with Crippen molar-refractivity contribution >= 4 is 17.7 Å². The van der Waals surface area contributed by atoms with Crippen LogP contribution in [0.3, 0.4) is 0 Å². The molecule has 0 aromatic heterocycles. The number of benzene rings is 3. The molecule has 1 atom stereocenters. The smallest absolute Gasteiger partial charge is 0.255 e. The molecule has 5 heteroatoms. The molecule has 1 fully saturated rings. The maximum atomic E-state index is 13.1. The molecular formula is C22H18FNO2S. The van der Waals surface area contributed by atoms with Crippen molar-refractivity contribution in [2.24, 2.45) is 0 Å². The number of halogens is 1.